The number of morpholine rings is 1. The Kier molecular flexibility index (Phi) is 3.59. The van der Waals surface area contributed by atoms with Gasteiger partial charge in [-0.2, -0.15) is 0 Å². The molecule has 118 valence electrons. The van der Waals surface area contributed by atoms with Crippen LogP contribution in [0.3, 0.4) is 0 Å². The predicted octanol–water partition coefficient (Wildman–Crippen LogP) is 2.08. The number of hydrogen-bond acceptors (Lipinski definition) is 4. The predicted molar refractivity (Wildman–Crippen MR) is 78.8 cm³/mol. The van der Waals surface area contributed by atoms with Crippen LogP contribution in [0.25, 0.3) is 0 Å². The molecule has 0 aromatic rings. The van der Waals surface area contributed by atoms with E-state index in [1.807, 2.05) is 0 Å². The quantitative estimate of drug-likeness (QED) is 0.742. The molecular weight excluding hydrogens is 266 g/mol. The highest BCUT2D eigenvalue weighted by atomic mass is 16.5. The van der Waals surface area contributed by atoms with Gasteiger partial charge in [0.2, 0.25) is 0 Å². The van der Waals surface area contributed by atoms with Crippen LogP contribution in [-0.2, 0) is 14.3 Å². The van der Waals surface area contributed by atoms with E-state index in [0.29, 0.717) is 24.2 Å². The summed E-state index contributed by atoms with van der Waals surface area (Å²) in [6.07, 6.45) is 5.49. The van der Waals surface area contributed by atoms with Crippen LogP contribution in [0.2, 0.25) is 0 Å². The van der Waals surface area contributed by atoms with Crippen LogP contribution in [-0.4, -0.2) is 49.3 Å². The molecule has 0 aromatic carbocycles. The lowest BCUT2D eigenvalue weighted by Gasteiger charge is -2.58. The summed E-state index contributed by atoms with van der Waals surface area (Å²) in [7, 11) is 0. The van der Waals surface area contributed by atoms with E-state index in [2.05, 4.69) is 11.8 Å². The van der Waals surface area contributed by atoms with Gasteiger partial charge in [-0.15, -0.1) is 0 Å². The fraction of sp³-hybridized carbons (Fsp3) is 0.941. The number of carbonyl (C=O) groups is 1. The molecule has 21 heavy (non-hydrogen) atoms. The number of fused-ring (bicyclic) bond motifs is 3. The standard InChI is InChI=1S/C17H27NO3/c1-12-4-5-17(18-6-8-20-9-7-18)15(10-12)13-2-3-16(19)14(13)11-21-17/h12-15H,2-11H2,1H3. The number of Topliss-reactive ketones (excluding diaryl/α,β-unsaturated/α-hetero) is 1. The van der Waals surface area contributed by atoms with E-state index in [4.69, 9.17) is 9.47 Å². The number of ether oxygens (including phenoxy) is 2. The Morgan fingerprint density at radius 1 is 1.24 bits per heavy atom. The third kappa shape index (κ3) is 2.18. The molecule has 0 N–H and O–H groups in total. The Morgan fingerprint density at radius 2 is 2.05 bits per heavy atom. The molecule has 5 atom stereocenters. The lowest BCUT2D eigenvalue weighted by molar-refractivity contribution is -0.268. The maximum absolute atomic E-state index is 12.1. The van der Waals surface area contributed by atoms with Gasteiger partial charge in [0.1, 0.15) is 11.5 Å². The average Bonchev–Trinajstić information content (AvgIpc) is 2.90. The Labute approximate surface area is 127 Å². The molecule has 4 heteroatoms. The molecule has 0 radical (unpaired) electrons. The van der Waals surface area contributed by atoms with E-state index in [0.717, 1.165) is 51.5 Å². The topological polar surface area (TPSA) is 38.8 Å². The Bertz CT molecular complexity index is 420. The summed E-state index contributed by atoms with van der Waals surface area (Å²) in [4.78, 5) is 14.7. The van der Waals surface area contributed by atoms with Crippen LogP contribution in [0.15, 0.2) is 0 Å². The van der Waals surface area contributed by atoms with E-state index < -0.39 is 0 Å². The van der Waals surface area contributed by atoms with Crippen molar-refractivity contribution >= 4 is 5.78 Å². The Balaban J connectivity index is 1.65. The third-order valence-corrected chi connectivity index (χ3v) is 6.46. The lowest BCUT2D eigenvalue weighted by Crippen LogP contribution is -2.65. The van der Waals surface area contributed by atoms with Gasteiger partial charge < -0.3 is 9.47 Å². The lowest BCUT2D eigenvalue weighted by atomic mass is 9.65. The Morgan fingerprint density at radius 3 is 2.86 bits per heavy atom. The van der Waals surface area contributed by atoms with Gasteiger partial charge in [-0.05, 0) is 37.5 Å². The van der Waals surface area contributed by atoms with Gasteiger partial charge in [0, 0.05) is 31.3 Å². The number of rotatable bonds is 1. The highest BCUT2D eigenvalue weighted by Crippen LogP contribution is 2.54. The number of ketones is 1. The van der Waals surface area contributed by atoms with Crippen molar-refractivity contribution in [1.82, 2.24) is 4.90 Å². The second kappa shape index (κ2) is 5.32. The van der Waals surface area contributed by atoms with E-state index in [1.165, 1.54) is 12.8 Å². The van der Waals surface area contributed by atoms with Crippen molar-refractivity contribution < 1.29 is 14.3 Å². The van der Waals surface area contributed by atoms with Crippen LogP contribution in [0.1, 0.15) is 39.0 Å². The zero-order valence-corrected chi connectivity index (χ0v) is 13.1. The minimum atomic E-state index is -0.0952. The zero-order chi connectivity index (χ0) is 14.4. The van der Waals surface area contributed by atoms with Gasteiger partial charge in [-0.25, -0.2) is 0 Å². The summed E-state index contributed by atoms with van der Waals surface area (Å²) < 4.78 is 12.0. The van der Waals surface area contributed by atoms with E-state index in [9.17, 15) is 4.79 Å². The van der Waals surface area contributed by atoms with E-state index in [1.54, 1.807) is 0 Å². The molecule has 2 aliphatic heterocycles. The van der Waals surface area contributed by atoms with Crippen molar-refractivity contribution in [1.29, 1.82) is 0 Å². The first-order valence-electron chi connectivity index (χ1n) is 8.70. The van der Waals surface area contributed by atoms with Crippen molar-refractivity contribution in [3.63, 3.8) is 0 Å². The third-order valence-electron chi connectivity index (χ3n) is 6.46. The van der Waals surface area contributed by atoms with Crippen LogP contribution >= 0.6 is 0 Å². The Hall–Kier alpha value is -0.450. The minimum absolute atomic E-state index is 0.0952. The van der Waals surface area contributed by atoms with Crippen molar-refractivity contribution in [3.8, 4) is 0 Å². The molecule has 0 aromatic heterocycles. The number of hydrogen-bond donors (Lipinski definition) is 0. The molecule has 4 rings (SSSR count). The molecule has 5 unspecified atom stereocenters. The van der Waals surface area contributed by atoms with Gasteiger partial charge in [0.05, 0.1) is 19.8 Å². The molecule has 0 bridgehead atoms. The van der Waals surface area contributed by atoms with Gasteiger partial charge in [-0.1, -0.05) is 6.92 Å². The van der Waals surface area contributed by atoms with Gasteiger partial charge in [0.15, 0.2) is 0 Å². The molecule has 4 fully saturated rings. The van der Waals surface area contributed by atoms with E-state index in [-0.39, 0.29) is 11.6 Å². The van der Waals surface area contributed by atoms with Gasteiger partial charge >= 0.3 is 0 Å². The largest absolute Gasteiger partial charge is 0.379 e. The minimum Gasteiger partial charge on any atom is -0.379 e. The normalized spacial score (nSPS) is 48.0. The molecule has 4 aliphatic rings. The van der Waals surface area contributed by atoms with Gasteiger partial charge in [-0.3, -0.25) is 9.69 Å². The average molecular weight is 293 g/mol. The van der Waals surface area contributed by atoms with Crippen LogP contribution < -0.4 is 0 Å². The summed E-state index contributed by atoms with van der Waals surface area (Å²) in [6.45, 7) is 6.63. The number of carbonyl (C=O) groups excluding carboxylic acids is 1. The maximum Gasteiger partial charge on any atom is 0.138 e. The first kappa shape index (κ1) is 14.2. The van der Waals surface area contributed by atoms with Crippen molar-refractivity contribution in [2.75, 3.05) is 32.9 Å². The molecular formula is C17H27NO3. The molecule has 2 saturated heterocycles. The monoisotopic (exact) mass is 293 g/mol. The fourth-order valence-corrected chi connectivity index (χ4v) is 5.35. The van der Waals surface area contributed by atoms with Gasteiger partial charge in [0.25, 0.3) is 0 Å². The maximum atomic E-state index is 12.1. The van der Waals surface area contributed by atoms with Crippen molar-refractivity contribution in [3.05, 3.63) is 0 Å². The van der Waals surface area contributed by atoms with Crippen LogP contribution in [0.5, 0.6) is 0 Å². The first-order chi connectivity index (χ1) is 10.2. The summed E-state index contributed by atoms with van der Waals surface area (Å²) in [5, 5.41) is 0. The number of nitrogens with zero attached hydrogens (tertiary/aromatic N) is 1. The first-order valence-corrected chi connectivity index (χ1v) is 8.70. The molecule has 0 spiro atoms. The molecule has 4 nitrogen and oxygen atoms in total. The summed E-state index contributed by atoms with van der Waals surface area (Å²) in [5.41, 5.74) is -0.0952. The molecule has 2 saturated carbocycles. The van der Waals surface area contributed by atoms with Crippen LogP contribution in [0, 0.1) is 23.7 Å². The second-order valence-electron chi connectivity index (χ2n) is 7.52. The molecule has 0 amide bonds. The van der Waals surface area contributed by atoms with Crippen molar-refractivity contribution in [2.24, 2.45) is 23.7 Å². The molecule has 2 heterocycles. The molecule has 2 aliphatic carbocycles. The second-order valence-corrected chi connectivity index (χ2v) is 7.52. The summed E-state index contributed by atoms with van der Waals surface area (Å²) >= 11 is 0. The van der Waals surface area contributed by atoms with Crippen molar-refractivity contribution in [2.45, 2.75) is 44.8 Å². The summed E-state index contributed by atoms with van der Waals surface area (Å²) in [6, 6.07) is 0. The van der Waals surface area contributed by atoms with Crippen LogP contribution in [0.4, 0.5) is 0 Å². The van der Waals surface area contributed by atoms with E-state index >= 15 is 0 Å². The highest BCUT2D eigenvalue weighted by Gasteiger charge is 2.58. The smallest absolute Gasteiger partial charge is 0.138 e. The SMILES string of the molecule is CC1CCC2(N3CCOCC3)OCC3C(=O)CCC3C2C1. The zero-order valence-electron chi connectivity index (χ0n) is 13.1. The summed E-state index contributed by atoms with van der Waals surface area (Å²) in [5.74, 6) is 2.52. The fourth-order valence-electron chi connectivity index (χ4n) is 5.35. The highest BCUT2D eigenvalue weighted by molar-refractivity contribution is 5.83.